The Bertz CT molecular complexity index is 482. The van der Waals surface area contributed by atoms with Gasteiger partial charge in [0, 0.05) is 0 Å². The summed E-state index contributed by atoms with van der Waals surface area (Å²) in [6, 6.07) is 7.70. The summed E-state index contributed by atoms with van der Waals surface area (Å²) in [7, 11) is 1.85. The quantitative estimate of drug-likeness (QED) is 0.826. The molecule has 0 saturated carbocycles. The average Bonchev–Trinajstić information content (AvgIpc) is 2.79. The summed E-state index contributed by atoms with van der Waals surface area (Å²) in [4.78, 5) is 0. The third-order valence-corrected chi connectivity index (χ3v) is 2.26. The molecule has 0 atom stereocenters. The van der Waals surface area contributed by atoms with E-state index in [1.165, 1.54) is 0 Å². The van der Waals surface area contributed by atoms with Gasteiger partial charge in [-0.2, -0.15) is 4.68 Å². The molecular weight excluding hydrogens is 218 g/mol. The van der Waals surface area contributed by atoms with Crippen LogP contribution in [0.25, 0.3) is 5.69 Å². The van der Waals surface area contributed by atoms with Gasteiger partial charge in [0.1, 0.15) is 11.4 Å². The number of hydrogen-bond acceptors (Lipinski definition) is 5. The first-order valence-corrected chi connectivity index (χ1v) is 5.51. The fraction of sp³-hybridized carbons (Fsp3) is 0.364. The lowest BCUT2D eigenvalue weighted by molar-refractivity contribution is 0.338. The first-order chi connectivity index (χ1) is 8.36. The molecule has 17 heavy (non-hydrogen) atoms. The van der Waals surface area contributed by atoms with Crippen molar-refractivity contribution in [2.24, 2.45) is 0 Å². The Morgan fingerprint density at radius 2 is 2.18 bits per heavy atom. The molecule has 90 valence electrons. The van der Waals surface area contributed by atoms with Crippen molar-refractivity contribution in [3.8, 4) is 11.4 Å². The van der Waals surface area contributed by atoms with Crippen LogP contribution < -0.4 is 10.1 Å². The SMILES string of the molecule is CCOc1ccccc1-n1nnnc1CNC. The summed E-state index contributed by atoms with van der Waals surface area (Å²) >= 11 is 0. The Kier molecular flexibility index (Phi) is 3.66. The smallest absolute Gasteiger partial charge is 0.170 e. The van der Waals surface area contributed by atoms with E-state index < -0.39 is 0 Å². The maximum Gasteiger partial charge on any atom is 0.170 e. The highest BCUT2D eigenvalue weighted by molar-refractivity contribution is 5.46. The van der Waals surface area contributed by atoms with Crippen molar-refractivity contribution in [1.82, 2.24) is 25.5 Å². The number of tetrazole rings is 1. The molecule has 6 heteroatoms. The highest BCUT2D eigenvalue weighted by atomic mass is 16.5. The van der Waals surface area contributed by atoms with Crippen LogP contribution >= 0.6 is 0 Å². The van der Waals surface area contributed by atoms with Crippen molar-refractivity contribution in [2.75, 3.05) is 13.7 Å². The number of rotatable bonds is 5. The first kappa shape index (κ1) is 11.5. The molecule has 0 spiro atoms. The molecule has 0 amide bonds. The topological polar surface area (TPSA) is 64.9 Å². The number of nitrogens with one attached hydrogen (secondary N) is 1. The second-order valence-corrected chi connectivity index (χ2v) is 3.44. The first-order valence-electron chi connectivity index (χ1n) is 5.51. The van der Waals surface area contributed by atoms with Crippen LogP contribution in [0.4, 0.5) is 0 Å². The summed E-state index contributed by atoms with van der Waals surface area (Å²) in [5, 5.41) is 14.7. The van der Waals surface area contributed by atoms with Gasteiger partial charge in [-0.1, -0.05) is 12.1 Å². The number of benzene rings is 1. The standard InChI is InChI=1S/C11H15N5O/c1-3-17-10-7-5-4-6-9(10)16-11(8-12-2)13-14-15-16/h4-7,12H,3,8H2,1-2H3. The lowest BCUT2D eigenvalue weighted by Crippen LogP contribution is -2.13. The van der Waals surface area contributed by atoms with Crippen molar-refractivity contribution >= 4 is 0 Å². The molecule has 0 aliphatic rings. The van der Waals surface area contributed by atoms with Crippen LogP contribution in [0.15, 0.2) is 24.3 Å². The number of para-hydroxylation sites is 2. The zero-order valence-corrected chi connectivity index (χ0v) is 9.92. The molecule has 0 aliphatic carbocycles. The van der Waals surface area contributed by atoms with Gasteiger partial charge in [0.15, 0.2) is 5.82 Å². The van der Waals surface area contributed by atoms with Crippen LogP contribution in [0.2, 0.25) is 0 Å². The average molecular weight is 233 g/mol. The van der Waals surface area contributed by atoms with Gasteiger partial charge >= 0.3 is 0 Å². The van der Waals surface area contributed by atoms with Gasteiger partial charge in [0.25, 0.3) is 0 Å². The molecule has 0 unspecified atom stereocenters. The minimum absolute atomic E-state index is 0.605. The van der Waals surface area contributed by atoms with Crippen molar-refractivity contribution in [3.63, 3.8) is 0 Å². The highest BCUT2D eigenvalue weighted by Crippen LogP contribution is 2.22. The minimum Gasteiger partial charge on any atom is -0.492 e. The fourth-order valence-corrected chi connectivity index (χ4v) is 1.57. The summed E-state index contributed by atoms with van der Waals surface area (Å²) in [6.07, 6.45) is 0. The minimum atomic E-state index is 0.605. The van der Waals surface area contributed by atoms with Gasteiger partial charge in [-0.15, -0.1) is 5.10 Å². The third kappa shape index (κ3) is 2.42. The third-order valence-electron chi connectivity index (χ3n) is 2.26. The molecule has 0 radical (unpaired) electrons. The summed E-state index contributed by atoms with van der Waals surface area (Å²) in [5.74, 6) is 1.53. The maximum atomic E-state index is 5.56. The van der Waals surface area contributed by atoms with E-state index in [4.69, 9.17) is 4.74 Å². The molecule has 1 aromatic carbocycles. The molecule has 0 bridgehead atoms. The number of aromatic nitrogens is 4. The van der Waals surface area contributed by atoms with Crippen molar-refractivity contribution in [2.45, 2.75) is 13.5 Å². The van der Waals surface area contributed by atoms with E-state index in [-0.39, 0.29) is 0 Å². The van der Waals surface area contributed by atoms with Crippen LogP contribution in [0, 0.1) is 0 Å². The number of hydrogen-bond donors (Lipinski definition) is 1. The molecule has 0 aliphatic heterocycles. The van der Waals surface area contributed by atoms with Crippen LogP contribution in [-0.2, 0) is 6.54 Å². The maximum absolute atomic E-state index is 5.56. The van der Waals surface area contributed by atoms with Gasteiger partial charge in [-0.3, -0.25) is 0 Å². The van der Waals surface area contributed by atoms with Crippen molar-refractivity contribution < 1.29 is 4.74 Å². The van der Waals surface area contributed by atoms with Gasteiger partial charge < -0.3 is 10.1 Å². The lowest BCUT2D eigenvalue weighted by Gasteiger charge is -2.10. The van der Waals surface area contributed by atoms with E-state index in [2.05, 4.69) is 20.8 Å². The molecule has 0 saturated heterocycles. The summed E-state index contributed by atoms with van der Waals surface area (Å²) < 4.78 is 7.24. The van der Waals surface area contributed by atoms with Crippen LogP contribution in [0.1, 0.15) is 12.7 Å². The van der Waals surface area contributed by atoms with Crippen molar-refractivity contribution in [1.29, 1.82) is 0 Å². The van der Waals surface area contributed by atoms with Gasteiger partial charge in [0.2, 0.25) is 0 Å². The van der Waals surface area contributed by atoms with Crippen LogP contribution in [0.5, 0.6) is 5.75 Å². The largest absolute Gasteiger partial charge is 0.492 e. The van der Waals surface area contributed by atoms with E-state index in [0.717, 1.165) is 17.3 Å². The molecule has 0 fully saturated rings. The summed E-state index contributed by atoms with van der Waals surface area (Å²) in [5.41, 5.74) is 0.851. The second-order valence-electron chi connectivity index (χ2n) is 3.44. The monoisotopic (exact) mass is 233 g/mol. The lowest BCUT2D eigenvalue weighted by atomic mass is 10.3. The predicted octanol–water partition coefficient (Wildman–Crippen LogP) is 0.780. The molecular formula is C11H15N5O. The predicted molar refractivity (Wildman–Crippen MR) is 63.1 cm³/mol. The van der Waals surface area contributed by atoms with E-state index in [1.54, 1.807) is 4.68 Å². The molecule has 2 aromatic rings. The Hall–Kier alpha value is -1.95. The second kappa shape index (κ2) is 5.40. The zero-order valence-electron chi connectivity index (χ0n) is 9.92. The molecule has 6 nitrogen and oxygen atoms in total. The normalized spacial score (nSPS) is 10.5. The molecule has 1 aromatic heterocycles. The fourth-order valence-electron chi connectivity index (χ4n) is 1.57. The molecule has 2 rings (SSSR count). The van der Waals surface area contributed by atoms with E-state index in [1.807, 2.05) is 38.2 Å². The van der Waals surface area contributed by atoms with Crippen molar-refractivity contribution in [3.05, 3.63) is 30.1 Å². The van der Waals surface area contributed by atoms with E-state index in [0.29, 0.717) is 13.2 Å². The Morgan fingerprint density at radius 3 is 2.94 bits per heavy atom. The van der Waals surface area contributed by atoms with E-state index >= 15 is 0 Å². The number of nitrogens with zero attached hydrogens (tertiary/aromatic N) is 4. The van der Waals surface area contributed by atoms with Gasteiger partial charge in [-0.25, -0.2) is 0 Å². The Morgan fingerprint density at radius 1 is 1.35 bits per heavy atom. The zero-order chi connectivity index (χ0) is 12.1. The van der Waals surface area contributed by atoms with Crippen LogP contribution in [0.3, 0.4) is 0 Å². The molecule has 1 heterocycles. The van der Waals surface area contributed by atoms with E-state index in [9.17, 15) is 0 Å². The number of ether oxygens (including phenoxy) is 1. The van der Waals surface area contributed by atoms with Crippen LogP contribution in [-0.4, -0.2) is 33.9 Å². The Balaban J connectivity index is 2.41. The van der Waals surface area contributed by atoms with Gasteiger partial charge in [-0.05, 0) is 36.5 Å². The molecule has 1 N–H and O–H groups in total. The Labute approximate surface area is 99.6 Å². The highest BCUT2D eigenvalue weighted by Gasteiger charge is 2.11. The summed E-state index contributed by atoms with van der Waals surface area (Å²) in [6.45, 7) is 3.17. The van der Waals surface area contributed by atoms with Gasteiger partial charge in [0.05, 0.1) is 13.2 Å².